The van der Waals surface area contributed by atoms with E-state index in [2.05, 4.69) is 22.0 Å². The zero-order chi connectivity index (χ0) is 26.9. The fourth-order valence-corrected chi connectivity index (χ4v) is 5.91. The fourth-order valence-electron chi connectivity index (χ4n) is 5.78. The van der Waals surface area contributed by atoms with Crippen molar-refractivity contribution in [1.82, 2.24) is 9.88 Å². The second-order valence-electron chi connectivity index (χ2n) is 10.5. The largest absolute Gasteiger partial charge is 0.497 e. The highest BCUT2D eigenvalue weighted by molar-refractivity contribution is 6.30. The zero-order valence-electron chi connectivity index (χ0n) is 22.2. The van der Waals surface area contributed by atoms with Crippen LogP contribution in [0.3, 0.4) is 0 Å². The molecule has 0 aliphatic carbocycles. The van der Waals surface area contributed by atoms with Gasteiger partial charge in [0.05, 0.1) is 18.7 Å². The topological polar surface area (TPSA) is 82.9 Å². The number of methoxy groups -OCH3 is 1. The number of hydrogen-bond donors (Lipinski definition) is 2. The number of likely N-dealkylation sites (tertiary alicyclic amines) is 1. The van der Waals surface area contributed by atoms with Gasteiger partial charge >= 0.3 is 5.97 Å². The van der Waals surface area contributed by atoms with Crippen molar-refractivity contribution >= 4 is 28.5 Å². The van der Waals surface area contributed by atoms with E-state index in [1.54, 1.807) is 13.3 Å². The van der Waals surface area contributed by atoms with Crippen LogP contribution in [0.15, 0.2) is 54.7 Å². The molecule has 1 aliphatic rings. The van der Waals surface area contributed by atoms with E-state index < -0.39 is 12.1 Å². The van der Waals surface area contributed by atoms with Crippen LogP contribution >= 0.6 is 11.6 Å². The number of carbonyl (C=O) groups is 1. The Kier molecular flexibility index (Phi) is 10.4. The Balaban J connectivity index is 1.31. The third-order valence-corrected chi connectivity index (χ3v) is 8.21. The van der Waals surface area contributed by atoms with Gasteiger partial charge in [-0.3, -0.25) is 9.78 Å². The smallest absolute Gasteiger partial charge is 0.303 e. The average molecular weight is 539 g/mol. The third kappa shape index (κ3) is 7.92. The van der Waals surface area contributed by atoms with Crippen LogP contribution in [0, 0.1) is 11.8 Å². The van der Waals surface area contributed by atoms with Crippen molar-refractivity contribution in [2.24, 2.45) is 11.8 Å². The molecule has 6 nitrogen and oxygen atoms in total. The van der Waals surface area contributed by atoms with Gasteiger partial charge in [0.15, 0.2) is 0 Å². The first-order chi connectivity index (χ1) is 18.4. The molecule has 1 unspecified atom stereocenters. The molecule has 0 bridgehead atoms. The van der Waals surface area contributed by atoms with Crippen LogP contribution in [-0.2, 0) is 11.2 Å². The van der Waals surface area contributed by atoms with Crippen LogP contribution in [0.5, 0.6) is 5.75 Å². The predicted octanol–water partition coefficient (Wildman–Crippen LogP) is 6.54. The van der Waals surface area contributed by atoms with Crippen molar-refractivity contribution in [2.75, 3.05) is 26.7 Å². The fraction of sp³-hybridized carbons (Fsp3) is 0.484. The maximum atomic E-state index is 11.3. The Bertz CT molecular complexity index is 1190. The molecule has 4 rings (SSSR count). The number of pyridine rings is 1. The number of hydrogen-bond acceptors (Lipinski definition) is 5. The summed E-state index contributed by atoms with van der Waals surface area (Å²) in [7, 11) is 1.64. The summed E-state index contributed by atoms with van der Waals surface area (Å²) < 4.78 is 5.38. The summed E-state index contributed by atoms with van der Waals surface area (Å²) in [6.07, 6.45) is 7.88. The summed E-state index contributed by atoms with van der Waals surface area (Å²) in [6, 6.07) is 15.7. The van der Waals surface area contributed by atoms with E-state index in [0.717, 1.165) is 79.0 Å². The lowest BCUT2D eigenvalue weighted by Gasteiger charge is -2.39. The minimum absolute atomic E-state index is 0.197. The SMILES string of the molecule is COc1ccc2nccc(C(O)CC[C@@H]3CCN(CCCCc4ccc(Cl)cc4)C[C@@H]3CCC(=O)O)c2c1. The monoisotopic (exact) mass is 538 g/mol. The van der Waals surface area contributed by atoms with E-state index >= 15 is 0 Å². The van der Waals surface area contributed by atoms with E-state index in [9.17, 15) is 15.0 Å². The number of carboxylic acid groups (broad SMARTS) is 1. The lowest BCUT2D eigenvalue weighted by Crippen LogP contribution is -2.41. The van der Waals surface area contributed by atoms with Crippen LogP contribution in [0.25, 0.3) is 10.9 Å². The Labute approximate surface area is 230 Å². The van der Waals surface area contributed by atoms with Gasteiger partial charge in [-0.05, 0) is 117 Å². The molecule has 38 heavy (non-hydrogen) atoms. The average Bonchev–Trinajstić information content (AvgIpc) is 2.93. The van der Waals surface area contributed by atoms with Gasteiger partial charge in [-0.15, -0.1) is 0 Å². The molecule has 3 atom stereocenters. The van der Waals surface area contributed by atoms with E-state index in [1.165, 1.54) is 5.56 Å². The van der Waals surface area contributed by atoms with Crippen LogP contribution in [0.4, 0.5) is 0 Å². The first-order valence-electron chi connectivity index (χ1n) is 13.7. The summed E-state index contributed by atoms with van der Waals surface area (Å²) in [5.41, 5.74) is 3.02. The molecule has 2 N–H and O–H groups in total. The number of carboxylic acids is 1. The molecular weight excluding hydrogens is 500 g/mol. The molecule has 0 spiro atoms. The number of ether oxygens (including phenoxy) is 1. The molecule has 0 amide bonds. The Morgan fingerprint density at radius 3 is 2.71 bits per heavy atom. The van der Waals surface area contributed by atoms with Crippen LogP contribution in [-0.4, -0.2) is 52.8 Å². The zero-order valence-corrected chi connectivity index (χ0v) is 22.9. The quantitative estimate of drug-likeness (QED) is 0.240. The van der Waals surface area contributed by atoms with Gasteiger partial charge in [0.2, 0.25) is 0 Å². The predicted molar refractivity (Wildman–Crippen MR) is 152 cm³/mol. The summed E-state index contributed by atoms with van der Waals surface area (Å²) in [4.78, 5) is 18.3. The minimum atomic E-state index is -0.735. The summed E-state index contributed by atoms with van der Waals surface area (Å²) in [6.45, 7) is 3.00. The van der Waals surface area contributed by atoms with Crippen molar-refractivity contribution in [3.63, 3.8) is 0 Å². The number of aliphatic hydroxyl groups is 1. The number of halogens is 1. The first kappa shape index (κ1) is 28.3. The molecule has 1 aromatic heterocycles. The van der Waals surface area contributed by atoms with Gasteiger partial charge in [0, 0.05) is 29.6 Å². The highest BCUT2D eigenvalue weighted by Gasteiger charge is 2.30. The van der Waals surface area contributed by atoms with Crippen molar-refractivity contribution < 1.29 is 19.7 Å². The molecule has 1 saturated heterocycles. The summed E-state index contributed by atoms with van der Waals surface area (Å²) in [5.74, 6) is 0.754. The van der Waals surface area contributed by atoms with Crippen LogP contribution in [0.1, 0.15) is 62.2 Å². The van der Waals surface area contributed by atoms with E-state index in [4.69, 9.17) is 16.3 Å². The van der Waals surface area contributed by atoms with Gasteiger partial charge in [-0.2, -0.15) is 0 Å². The molecule has 1 aliphatic heterocycles. The number of nitrogens with zero attached hydrogens (tertiary/aromatic N) is 2. The van der Waals surface area contributed by atoms with E-state index in [0.29, 0.717) is 24.7 Å². The van der Waals surface area contributed by atoms with E-state index in [-0.39, 0.29) is 6.42 Å². The molecule has 0 radical (unpaired) electrons. The van der Waals surface area contributed by atoms with Gasteiger partial charge in [0.1, 0.15) is 5.75 Å². The second-order valence-corrected chi connectivity index (χ2v) is 10.9. The number of benzene rings is 2. The standard InChI is InChI=1S/C31H39ClN2O4/c1-38-26-11-12-29-28(20-26)27(15-17-33-29)30(35)13-7-23-16-19-34(21-24(23)8-14-31(36)37)18-3-2-4-22-5-9-25(32)10-6-22/h5-6,9-12,15,17,20,23-24,30,35H,2-4,7-8,13-14,16,18-19,21H2,1H3,(H,36,37)/t23-,24+,30?/m1/s1. The van der Waals surface area contributed by atoms with Crippen molar-refractivity contribution in [1.29, 1.82) is 0 Å². The van der Waals surface area contributed by atoms with Crippen LogP contribution in [0.2, 0.25) is 5.02 Å². The van der Waals surface area contributed by atoms with Gasteiger partial charge in [0.25, 0.3) is 0 Å². The maximum Gasteiger partial charge on any atom is 0.303 e. The van der Waals surface area contributed by atoms with Gasteiger partial charge < -0.3 is 19.8 Å². The molecule has 3 aromatic rings. The molecular formula is C31H39ClN2O4. The highest BCUT2D eigenvalue weighted by atomic mass is 35.5. The summed E-state index contributed by atoms with van der Waals surface area (Å²) >= 11 is 5.99. The number of rotatable bonds is 13. The third-order valence-electron chi connectivity index (χ3n) is 7.96. The molecule has 204 valence electrons. The summed E-state index contributed by atoms with van der Waals surface area (Å²) in [5, 5.41) is 22.1. The van der Waals surface area contributed by atoms with Gasteiger partial charge in [-0.1, -0.05) is 23.7 Å². The maximum absolute atomic E-state index is 11.3. The molecule has 1 fully saturated rings. The second kappa shape index (κ2) is 13.9. The van der Waals surface area contributed by atoms with Crippen molar-refractivity contribution in [2.45, 2.75) is 57.5 Å². The number of fused-ring (bicyclic) bond motifs is 1. The van der Waals surface area contributed by atoms with Crippen molar-refractivity contribution in [3.05, 3.63) is 70.9 Å². The lowest BCUT2D eigenvalue weighted by atomic mass is 9.79. The molecule has 0 saturated carbocycles. The van der Waals surface area contributed by atoms with E-state index in [1.807, 2.05) is 36.4 Å². The number of aromatic nitrogens is 1. The number of unbranched alkanes of at least 4 members (excludes halogenated alkanes) is 1. The number of aliphatic carboxylic acids is 1. The molecule has 2 heterocycles. The normalized spacial score (nSPS) is 18.9. The lowest BCUT2D eigenvalue weighted by molar-refractivity contribution is -0.137. The van der Waals surface area contributed by atoms with Crippen LogP contribution < -0.4 is 4.74 Å². The first-order valence-corrected chi connectivity index (χ1v) is 14.1. The number of aryl methyl sites for hydroxylation is 1. The minimum Gasteiger partial charge on any atom is -0.497 e. The Hall–Kier alpha value is -2.67. The number of piperidine rings is 1. The molecule has 2 aromatic carbocycles. The Morgan fingerprint density at radius 2 is 1.95 bits per heavy atom. The Morgan fingerprint density at radius 1 is 1.13 bits per heavy atom. The van der Waals surface area contributed by atoms with Crippen molar-refractivity contribution in [3.8, 4) is 5.75 Å². The highest BCUT2D eigenvalue weighted by Crippen LogP contribution is 2.35. The number of aliphatic hydroxyl groups excluding tert-OH is 1. The molecule has 7 heteroatoms. The van der Waals surface area contributed by atoms with Gasteiger partial charge in [-0.25, -0.2) is 0 Å².